The molecule has 3 rings (SSSR count). The van der Waals surface area contributed by atoms with E-state index < -0.39 is 6.04 Å². The lowest BCUT2D eigenvalue weighted by Crippen LogP contribution is -2.42. The Hall–Kier alpha value is -2.67. The van der Waals surface area contributed by atoms with Crippen molar-refractivity contribution in [3.63, 3.8) is 0 Å². The van der Waals surface area contributed by atoms with Crippen LogP contribution in [-0.2, 0) is 6.42 Å². The largest absolute Gasteiger partial charge is 0.396 e. The van der Waals surface area contributed by atoms with Gasteiger partial charge in [0.05, 0.1) is 0 Å². The molecule has 132 valence electrons. The van der Waals surface area contributed by atoms with Crippen molar-refractivity contribution in [2.75, 3.05) is 6.61 Å². The number of amides is 2. The standard InChI is InChI=1S/C18H22N4O3/c1-12(19-18(24)20-15-8-7-14(9-15)11-23)17-21-16(22-25-17)10-13-5-3-2-4-6-13/h2-8,12,14-15,23H,9-11H2,1H3,(H2,19,20,24)/t12?,14-,15+/m0/s1. The first kappa shape index (κ1) is 17.2. The highest BCUT2D eigenvalue weighted by Crippen LogP contribution is 2.17. The summed E-state index contributed by atoms with van der Waals surface area (Å²) in [6.07, 6.45) is 5.11. The lowest BCUT2D eigenvalue weighted by Gasteiger charge is -2.15. The van der Waals surface area contributed by atoms with Crippen molar-refractivity contribution in [3.05, 3.63) is 59.8 Å². The third kappa shape index (κ3) is 4.67. The third-order valence-corrected chi connectivity index (χ3v) is 4.13. The van der Waals surface area contributed by atoms with E-state index in [-0.39, 0.29) is 24.6 Å². The van der Waals surface area contributed by atoms with Crippen LogP contribution >= 0.6 is 0 Å². The van der Waals surface area contributed by atoms with Gasteiger partial charge in [0.1, 0.15) is 6.04 Å². The van der Waals surface area contributed by atoms with Crippen molar-refractivity contribution in [2.45, 2.75) is 31.8 Å². The number of carbonyl (C=O) groups is 1. The second kappa shape index (κ2) is 7.94. The highest BCUT2D eigenvalue weighted by atomic mass is 16.5. The van der Waals surface area contributed by atoms with Crippen LogP contribution in [0.2, 0.25) is 0 Å². The lowest BCUT2D eigenvalue weighted by atomic mass is 10.1. The summed E-state index contributed by atoms with van der Waals surface area (Å²) in [6.45, 7) is 1.89. The van der Waals surface area contributed by atoms with Crippen LogP contribution in [0.15, 0.2) is 47.0 Å². The first-order valence-corrected chi connectivity index (χ1v) is 8.36. The van der Waals surface area contributed by atoms with Gasteiger partial charge in [0.2, 0.25) is 5.89 Å². The summed E-state index contributed by atoms with van der Waals surface area (Å²) in [5.41, 5.74) is 1.10. The topological polar surface area (TPSA) is 100 Å². The Morgan fingerprint density at radius 1 is 1.36 bits per heavy atom. The molecule has 7 nitrogen and oxygen atoms in total. The van der Waals surface area contributed by atoms with E-state index in [2.05, 4.69) is 20.8 Å². The predicted molar refractivity (Wildman–Crippen MR) is 91.7 cm³/mol. The van der Waals surface area contributed by atoms with Crippen LogP contribution in [-0.4, -0.2) is 33.9 Å². The van der Waals surface area contributed by atoms with Gasteiger partial charge in [-0.05, 0) is 18.9 Å². The molecule has 1 unspecified atom stereocenters. The van der Waals surface area contributed by atoms with E-state index >= 15 is 0 Å². The van der Waals surface area contributed by atoms with Crippen LogP contribution in [0.3, 0.4) is 0 Å². The van der Waals surface area contributed by atoms with Gasteiger partial charge in [0.25, 0.3) is 0 Å². The number of hydrogen-bond donors (Lipinski definition) is 3. The summed E-state index contributed by atoms with van der Waals surface area (Å²) < 4.78 is 5.25. The maximum Gasteiger partial charge on any atom is 0.315 e. The van der Waals surface area contributed by atoms with Gasteiger partial charge in [-0.25, -0.2) is 4.79 Å². The molecule has 0 bridgehead atoms. The zero-order valence-corrected chi connectivity index (χ0v) is 14.1. The van der Waals surface area contributed by atoms with Crippen LogP contribution in [0.4, 0.5) is 4.79 Å². The molecule has 1 aliphatic carbocycles. The van der Waals surface area contributed by atoms with E-state index in [1.807, 2.05) is 42.5 Å². The van der Waals surface area contributed by atoms with Crippen molar-refractivity contribution < 1.29 is 14.4 Å². The number of aliphatic hydroxyl groups is 1. The molecule has 7 heteroatoms. The maximum atomic E-state index is 12.1. The molecule has 0 radical (unpaired) electrons. The number of rotatable bonds is 6. The van der Waals surface area contributed by atoms with Crippen LogP contribution in [0.5, 0.6) is 0 Å². The molecule has 2 aromatic rings. The Bertz CT molecular complexity index is 729. The summed E-state index contributed by atoms with van der Waals surface area (Å²) in [6, 6.07) is 9.12. The van der Waals surface area contributed by atoms with Crippen molar-refractivity contribution in [1.29, 1.82) is 0 Å². The molecule has 0 fully saturated rings. The van der Waals surface area contributed by atoms with Crippen molar-refractivity contribution in [1.82, 2.24) is 20.8 Å². The van der Waals surface area contributed by atoms with E-state index in [0.29, 0.717) is 24.6 Å². The van der Waals surface area contributed by atoms with E-state index in [1.54, 1.807) is 6.92 Å². The molecule has 25 heavy (non-hydrogen) atoms. The zero-order valence-electron chi connectivity index (χ0n) is 14.1. The highest BCUT2D eigenvalue weighted by molar-refractivity contribution is 5.74. The highest BCUT2D eigenvalue weighted by Gasteiger charge is 2.22. The summed E-state index contributed by atoms with van der Waals surface area (Å²) >= 11 is 0. The van der Waals surface area contributed by atoms with E-state index in [4.69, 9.17) is 9.63 Å². The number of carbonyl (C=O) groups excluding carboxylic acids is 1. The molecule has 0 saturated heterocycles. The summed E-state index contributed by atoms with van der Waals surface area (Å²) in [7, 11) is 0. The Kier molecular flexibility index (Phi) is 5.45. The van der Waals surface area contributed by atoms with Gasteiger partial charge in [0, 0.05) is 25.0 Å². The minimum absolute atomic E-state index is 0.0688. The molecule has 0 spiro atoms. The summed E-state index contributed by atoms with van der Waals surface area (Å²) in [5.74, 6) is 1.07. The minimum atomic E-state index is -0.393. The number of nitrogens with zero attached hydrogens (tertiary/aromatic N) is 2. The molecule has 1 aromatic heterocycles. The molecular weight excluding hydrogens is 320 g/mol. The predicted octanol–water partition coefficient (Wildman–Crippen LogP) is 1.96. The Balaban J connectivity index is 1.50. The fraction of sp³-hybridized carbons (Fsp3) is 0.389. The van der Waals surface area contributed by atoms with Crippen molar-refractivity contribution in [2.24, 2.45) is 5.92 Å². The molecule has 2 amide bonds. The fourth-order valence-electron chi connectivity index (χ4n) is 2.78. The molecular formula is C18H22N4O3. The number of urea groups is 1. The smallest absolute Gasteiger partial charge is 0.315 e. The average molecular weight is 342 g/mol. The van der Waals surface area contributed by atoms with E-state index in [0.717, 1.165) is 5.56 Å². The fourth-order valence-corrected chi connectivity index (χ4v) is 2.78. The summed E-state index contributed by atoms with van der Waals surface area (Å²) in [4.78, 5) is 16.4. The van der Waals surface area contributed by atoms with E-state index in [9.17, 15) is 4.79 Å². The number of benzene rings is 1. The van der Waals surface area contributed by atoms with Crippen LogP contribution in [0, 0.1) is 5.92 Å². The summed E-state index contributed by atoms with van der Waals surface area (Å²) in [5, 5.41) is 18.7. The number of nitrogens with one attached hydrogen (secondary N) is 2. The quantitative estimate of drug-likeness (QED) is 0.697. The zero-order chi connectivity index (χ0) is 17.6. The lowest BCUT2D eigenvalue weighted by molar-refractivity contribution is 0.226. The first-order valence-electron chi connectivity index (χ1n) is 8.36. The van der Waals surface area contributed by atoms with Gasteiger partial charge < -0.3 is 20.3 Å². The molecule has 3 N–H and O–H groups in total. The van der Waals surface area contributed by atoms with Crippen molar-refractivity contribution in [3.8, 4) is 0 Å². The van der Waals surface area contributed by atoms with Crippen LogP contribution in [0.1, 0.15) is 36.7 Å². The Morgan fingerprint density at radius 3 is 2.88 bits per heavy atom. The SMILES string of the molecule is CC(NC(=O)N[C@@H]1C=C[C@H](CO)C1)c1nc(Cc2ccccc2)no1. The van der Waals surface area contributed by atoms with E-state index in [1.165, 1.54) is 0 Å². The molecule has 1 aromatic carbocycles. The normalized spacial score (nSPS) is 20.4. The Labute approximate surface area is 146 Å². The van der Waals surface area contributed by atoms with Gasteiger partial charge in [-0.1, -0.05) is 47.6 Å². The average Bonchev–Trinajstić information content (AvgIpc) is 3.25. The van der Waals surface area contributed by atoms with Gasteiger partial charge in [-0.15, -0.1) is 0 Å². The molecule has 0 aliphatic heterocycles. The number of aromatic nitrogens is 2. The molecule has 3 atom stereocenters. The van der Waals surface area contributed by atoms with Crippen molar-refractivity contribution >= 4 is 6.03 Å². The van der Waals surface area contributed by atoms with Crippen LogP contribution < -0.4 is 10.6 Å². The molecule has 1 aliphatic rings. The van der Waals surface area contributed by atoms with Gasteiger partial charge in [0.15, 0.2) is 5.82 Å². The second-order valence-corrected chi connectivity index (χ2v) is 6.22. The maximum absolute atomic E-state index is 12.1. The Morgan fingerprint density at radius 2 is 2.16 bits per heavy atom. The second-order valence-electron chi connectivity index (χ2n) is 6.22. The minimum Gasteiger partial charge on any atom is -0.396 e. The monoisotopic (exact) mass is 342 g/mol. The number of hydrogen-bond acceptors (Lipinski definition) is 5. The molecule has 1 heterocycles. The third-order valence-electron chi connectivity index (χ3n) is 4.13. The van der Waals surface area contributed by atoms with Gasteiger partial charge in [-0.2, -0.15) is 4.98 Å². The van der Waals surface area contributed by atoms with Gasteiger partial charge in [-0.3, -0.25) is 0 Å². The number of aliphatic hydroxyl groups excluding tert-OH is 1. The van der Waals surface area contributed by atoms with Crippen LogP contribution in [0.25, 0.3) is 0 Å². The van der Waals surface area contributed by atoms with Gasteiger partial charge >= 0.3 is 6.03 Å². The molecule has 0 saturated carbocycles. The first-order chi connectivity index (χ1) is 12.1.